The van der Waals surface area contributed by atoms with Crippen LogP contribution in [0.4, 0.5) is 22.7 Å². The van der Waals surface area contributed by atoms with Crippen LogP contribution >= 0.6 is 0 Å². The first-order valence-electron chi connectivity index (χ1n) is 12.6. The van der Waals surface area contributed by atoms with Crippen LogP contribution in [-0.4, -0.2) is 14.9 Å². The Morgan fingerprint density at radius 2 is 1.12 bits per heavy atom. The summed E-state index contributed by atoms with van der Waals surface area (Å²) in [5.74, 6) is 0.137. The number of aromatic hydroxyl groups is 1. The number of H-pyrrole nitrogens is 1. The van der Waals surface area contributed by atoms with Crippen LogP contribution in [0.3, 0.4) is 0 Å². The predicted molar refractivity (Wildman–Crippen MR) is 158 cm³/mol. The summed E-state index contributed by atoms with van der Waals surface area (Å²) >= 11 is 0. The normalized spacial score (nSPS) is 11.1. The zero-order chi connectivity index (χ0) is 27.7. The van der Waals surface area contributed by atoms with E-state index in [1.807, 2.05) is 121 Å². The number of para-hydroxylation sites is 1. The van der Waals surface area contributed by atoms with E-state index in [1.165, 1.54) is 4.68 Å². The van der Waals surface area contributed by atoms with Gasteiger partial charge in [-0.3, -0.25) is 9.89 Å². The van der Waals surface area contributed by atoms with Gasteiger partial charge in [0.25, 0.3) is 5.56 Å². The Labute approximate surface area is 230 Å². The Morgan fingerprint density at radius 1 is 0.600 bits per heavy atom. The van der Waals surface area contributed by atoms with Crippen LogP contribution in [0.25, 0.3) is 16.5 Å². The molecule has 196 valence electrons. The summed E-state index contributed by atoms with van der Waals surface area (Å²) in [4.78, 5) is 12.4. The third-order valence-corrected chi connectivity index (χ3v) is 5.98. The van der Waals surface area contributed by atoms with Crippen LogP contribution in [0, 0.1) is 6.92 Å². The summed E-state index contributed by atoms with van der Waals surface area (Å²) in [5, 5.41) is 31.4. The van der Waals surface area contributed by atoms with Gasteiger partial charge in [-0.1, -0.05) is 84.9 Å². The van der Waals surface area contributed by atoms with Crippen molar-refractivity contribution in [3.63, 3.8) is 0 Å². The lowest BCUT2D eigenvalue weighted by atomic mass is 10.1. The summed E-state index contributed by atoms with van der Waals surface area (Å²) in [6.45, 7) is 1.81. The van der Waals surface area contributed by atoms with Gasteiger partial charge in [0.1, 0.15) is 11.4 Å². The topological polar surface area (TPSA) is 107 Å². The Balaban J connectivity index is 0.000000162. The number of nitrogens with one attached hydrogen (secondary N) is 1. The fraction of sp³-hybridized carbons (Fsp3) is 0.0312. The van der Waals surface area contributed by atoms with E-state index in [0.29, 0.717) is 22.8 Å². The molecular formula is C32H26N6O2. The molecule has 6 rings (SSSR count). The number of rotatable bonds is 5. The molecule has 0 atom stereocenters. The van der Waals surface area contributed by atoms with E-state index >= 15 is 0 Å². The summed E-state index contributed by atoms with van der Waals surface area (Å²) in [6, 6.07) is 39.4. The average molecular weight is 527 g/mol. The molecule has 8 heteroatoms. The van der Waals surface area contributed by atoms with Gasteiger partial charge in [-0.2, -0.15) is 10.2 Å². The van der Waals surface area contributed by atoms with Crippen molar-refractivity contribution in [2.75, 3.05) is 0 Å². The van der Waals surface area contributed by atoms with Crippen LogP contribution < -0.4 is 5.56 Å². The maximum absolute atomic E-state index is 12.4. The molecule has 40 heavy (non-hydrogen) atoms. The number of benzene rings is 5. The predicted octanol–water partition coefficient (Wildman–Crippen LogP) is 8.85. The summed E-state index contributed by atoms with van der Waals surface area (Å²) < 4.78 is 1.47. The maximum Gasteiger partial charge on any atom is 0.299 e. The summed E-state index contributed by atoms with van der Waals surface area (Å²) in [6.07, 6.45) is 0. The highest BCUT2D eigenvalue weighted by Gasteiger charge is 2.11. The molecule has 1 heterocycles. The van der Waals surface area contributed by atoms with Crippen molar-refractivity contribution >= 4 is 33.5 Å². The van der Waals surface area contributed by atoms with Gasteiger partial charge >= 0.3 is 0 Å². The molecule has 0 radical (unpaired) electrons. The molecule has 0 bridgehead atoms. The number of phenolic OH excluding ortho intramolecular Hbond substituents is 1. The van der Waals surface area contributed by atoms with Crippen molar-refractivity contribution in [3.8, 4) is 11.4 Å². The van der Waals surface area contributed by atoms with Crippen LogP contribution in [0.15, 0.2) is 153 Å². The fourth-order valence-electron chi connectivity index (χ4n) is 3.97. The van der Waals surface area contributed by atoms with Crippen LogP contribution in [0.5, 0.6) is 5.75 Å². The van der Waals surface area contributed by atoms with Gasteiger partial charge in [0.05, 0.1) is 22.8 Å². The van der Waals surface area contributed by atoms with Gasteiger partial charge in [-0.15, -0.1) is 10.2 Å². The van der Waals surface area contributed by atoms with Crippen LogP contribution in [-0.2, 0) is 0 Å². The first kappa shape index (κ1) is 26.0. The Kier molecular flexibility index (Phi) is 7.98. The monoisotopic (exact) mass is 526 g/mol. The molecule has 8 nitrogen and oxygen atoms in total. The van der Waals surface area contributed by atoms with Crippen molar-refractivity contribution in [2.45, 2.75) is 6.92 Å². The zero-order valence-electron chi connectivity index (χ0n) is 21.7. The van der Waals surface area contributed by atoms with Gasteiger partial charge in [-0.05, 0) is 54.8 Å². The number of phenols is 1. The number of hydrogen-bond acceptors (Lipinski definition) is 6. The van der Waals surface area contributed by atoms with E-state index in [9.17, 15) is 9.90 Å². The molecule has 0 aliphatic rings. The Morgan fingerprint density at radius 3 is 1.75 bits per heavy atom. The SMILES string of the molecule is Cc1[nH]n(-c2ccccc2)c(=O)c1N=Nc1ccccc1.Oc1ccc2ccccc2c1N=Nc1ccccc1. The van der Waals surface area contributed by atoms with E-state index in [-0.39, 0.29) is 11.3 Å². The second-order valence-electron chi connectivity index (χ2n) is 8.79. The van der Waals surface area contributed by atoms with E-state index in [0.717, 1.165) is 22.1 Å². The summed E-state index contributed by atoms with van der Waals surface area (Å²) in [5.41, 5.74) is 3.54. The van der Waals surface area contributed by atoms with Crippen molar-refractivity contribution in [2.24, 2.45) is 20.5 Å². The first-order valence-corrected chi connectivity index (χ1v) is 12.6. The highest BCUT2D eigenvalue weighted by Crippen LogP contribution is 2.35. The fourth-order valence-corrected chi connectivity index (χ4v) is 3.97. The van der Waals surface area contributed by atoms with Gasteiger partial charge < -0.3 is 5.11 Å². The van der Waals surface area contributed by atoms with Crippen molar-refractivity contribution in [3.05, 3.63) is 143 Å². The molecule has 0 spiro atoms. The number of fused-ring (bicyclic) bond motifs is 1. The van der Waals surface area contributed by atoms with Gasteiger partial charge in [0.15, 0.2) is 5.69 Å². The molecule has 6 aromatic rings. The highest BCUT2D eigenvalue weighted by molar-refractivity contribution is 5.95. The zero-order valence-corrected chi connectivity index (χ0v) is 21.7. The minimum absolute atomic E-state index is 0.137. The van der Waals surface area contributed by atoms with E-state index < -0.39 is 0 Å². The standard InChI is InChI=1S/C16H14N4O.C16H12N2O/c1-12-15(18-17-13-8-4-2-5-9-13)16(21)20(19-12)14-10-6-3-7-11-14;19-15-11-10-12-6-4-5-9-14(12)16(15)18-17-13-7-2-1-3-8-13/h2-11,19H,1H3;1-11,19H. The number of hydrogen-bond donors (Lipinski definition) is 2. The smallest absolute Gasteiger partial charge is 0.299 e. The lowest BCUT2D eigenvalue weighted by Crippen LogP contribution is -2.13. The molecular weight excluding hydrogens is 500 g/mol. The Hall–Kier alpha value is -5.63. The van der Waals surface area contributed by atoms with Crippen LogP contribution in [0.1, 0.15) is 5.69 Å². The van der Waals surface area contributed by atoms with E-state index in [1.54, 1.807) is 13.0 Å². The molecule has 0 amide bonds. The highest BCUT2D eigenvalue weighted by atomic mass is 16.3. The maximum atomic E-state index is 12.4. The van der Waals surface area contributed by atoms with E-state index in [2.05, 4.69) is 25.6 Å². The molecule has 1 aromatic heterocycles. The number of azo groups is 2. The molecule has 0 unspecified atom stereocenters. The Bertz CT molecular complexity index is 1830. The quantitative estimate of drug-likeness (QED) is 0.219. The second kappa shape index (κ2) is 12.3. The minimum atomic E-state index is -0.210. The second-order valence-corrected chi connectivity index (χ2v) is 8.79. The van der Waals surface area contributed by atoms with Crippen LogP contribution in [0.2, 0.25) is 0 Å². The molecule has 0 saturated carbocycles. The van der Waals surface area contributed by atoms with E-state index in [4.69, 9.17) is 0 Å². The summed E-state index contributed by atoms with van der Waals surface area (Å²) in [7, 11) is 0. The lowest BCUT2D eigenvalue weighted by molar-refractivity contribution is 0.477. The average Bonchev–Trinajstić information content (AvgIpc) is 3.30. The first-order chi connectivity index (χ1) is 19.6. The minimum Gasteiger partial charge on any atom is -0.506 e. The third-order valence-electron chi connectivity index (χ3n) is 5.98. The lowest BCUT2D eigenvalue weighted by Gasteiger charge is -2.03. The van der Waals surface area contributed by atoms with Gasteiger partial charge in [0.2, 0.25) is 0 Å². The number of nitrogens with zero attached hydrogens (tertiary/aromatic N) is 5. The molecule has 0 saturated heterocycles. The van der Waals surface area contributed by atoms with Crippen molar-refractivity contribution in [1.82, 2.24) is 9.78 Å². The molecule has 2 N–H and O–H groups in total. The largest absolute Gasteiger partial charge is 0.506 e. The van der Waals surface area contributed by atoms with Crippen molar-refractivity contribution < 1.29 is 5.11 Å². The third kappa shape index (κ3) is 6.08. The molecule has 0 aliphatic heterocycles. The number of aryl methyl sites for hydroxylation is 1. The molecule has 5 aromatic carbocycles. The van der Waals surface area contributed by atoms with Crippen molar-refractivity contribution in [1.29, 1.82) is 0 Å². The van der Waals surface area contributed by atoms with Gasteiger partial charge in [-0.25, -0.2) is 4.68 Å². The number of aromatic amines is 1. The van der Waals surface area contributed by atoms with Gasteiger partial charge in [0, 0.05) is 5.39 Å². The number of aromatic nitrogens is 2. The molecule has 0 aliphatic carbocycles. The molecule has 0 fully saturated rings.